The van der Waals surface area contributed by atoms with Gasteiger partial charge in [-0.15, -0.1) is 0 Å². The summed E-state index contributed by atoms with van der Waals surface area (Å²) < 4.78 is 29.1. The molecule has 0 bridgehead atoms. The maximum absolute atomic E-state index is 13.5. The van der Waals surface area contributed by atoms with E-state index in [-0.39, 0.29) is 19.0 Å². The van der Waals surface area contributed by atoms with Crippen molar-refractivity contribution in [1.82, 2.24) is 4.90 Å². The third-order valence-corrected chi connectivity index (χ3v) is 3.85. The fourth-order valence-electron chi connectivity index (χ4n) is 2.60. The van der Waals surface area contributed by atoms with Gasteiger partial charge in [0.1, 0.15) is 22.9 Å². The molecule has 7 heteroatoms. The van der Waals surface area contributed by atoms with Gasteiger partial charge in [0.2, 0.25) is 0 Å². The first-order valence-corrected chi connectivity index (χ1v) is 8.26. The van der Waals surface area contributed by atoms with Crippen LogP contribution in [0.2, 0.25) is 0 Å². The van der Waals surface area contributed by atoms with Crippen LogP contribution in [0.5, 0.6) is 0 Å². The number of halogens is 1. The van der Waals surface area contributed by atoms with Gasteiger partial charge in [-0.3, -0.25) is 4.90 Å². The molecular weight excluding hydrogens is 341 g/mol. The van der Waals surface area contributed by atoms with Crippen LogP contribution in [0.4, 0.5) is 4.39 Å². The average Bonchev–Trinajstić information content (AvgIpc) is 2.95. The second-order valence-corrected chi connectivity index (χ2v) is 6.13. The molecule has 26 heavy (non-hydrogen) atoms. The molecule has 0 aliphatic rings. The Morgan fingerprint density at radius 3 is 2.81 bits per heavy atom. The first-order valence-electron chi connectivity index (χ1n) is 8.26. The van der Waals surface area contributed by atoms with Gasteiger partial charge < -0.3 is 19.0 Å². The van der Waals surface area contributed by atoms with E-state index in [1.54, 1.807) is 31.2 Å². The summed E-state index contributed by atoms with van der Waals surface area (Å²) in [5.41, 5.74) is 0.846. The van der Waals surface area contributed by atoms with E-state index in [2.05, 4.69) is 0 Å². The minimum absolute atomic E-state index is 0.0866. The fourth-order valence-corrected chi connectivity index (χ4v) is 2.60. The van der Waals surface area contributed by atoms with E-state index in [1.807, 2.05) is 11.9 Å². The van der Waals surface area contributed by atoms with Gasteiger partial charge in [0.05, 0.1) is 33.0 Å². The van der Waals surface area contributed by atoms with Crippen LogP contribution >= 0.6 is 0 Å². The second-order valence-electron chi connectivity index (χ2n) is 6.13. The summed E-state index contributed by atoms with van der Waals surface area (Å²) >= 11 is 0. The lowest BCUT2D eigenvalue weighted by Crippen LogP contribution is -2.31. The van der Waals surface area contributed by atoms with Gasteiger partial charge in [0, 0.05) is 12.1 Å². The minimum Gasteiger partial charge on any atom is -0.465 e. The average molecular weight is 365 g/mol. The van der Waals surface area contributed by atoms with Crippen LogP contribution in [0, 0.1) is 12.7 Å². The Morgan fingerprint density at radius 1 is 1.38 bits per heavy atom. The van der Waals surface area contributed by atoms with E-state index in [4.69, 9.17) is 13.9 Å². The maximum atomic E-state index is 13.5. The molecule has 1 aromatic heterocycles. The number of aliphatic hydroxyl groups is 1. The zero-order valence-corrected chi connectivity index (χ0v) is 15.2. The van der Waals surface area contributed by atoms with E-state index < -0.39 is 12.1 Å². The summed E-state index contributed by atoms with van der Waals surface area (Å²) in [6.45, 7) is 2.64. The number of esters is 1. The van der Waals surface area contributed by atoms with Gasteiger partial charge in [-0.1, -0.05) is 18.2 Å². The molecule has 0 amide bonds. The lowest BCUT2D eigenvalue weighted by atomic mass is 10.2. The molecule has 0 aliphatic carbocycles. The zero-order chi connectivity index (χ0) is 19.1. The Morgan fingerprint density at radius 2 is 2.12 bits per heavy atom. The van der Waals surface area contributed by atoms with Crippen molar-refractivity contribution in [2.24, 2.45) is 0 Å². The number of aliphatic hydroxyl groups excluding tert-OH is 1. The molecule has 0 fully saturated rings. The molecule has 0 saturated heterocycles. The molecule has 1 N–H and O–H groups in total. The summed E-state index contributed by atoms with van der Waals surface area (Å²) in [6, 6.07) is 8.01. The monoisotopic (exact) mass is 365 g/mol. The molecule has 142 valence electrons. The third-order valence-electron chi connectivity index (χ3n) is 3.85. The van der Waals surface area contributed by atoms with Crippen LogP contribution in [-0.2, 0) is 22.6 Å². The Balaban J connectivity index is 1.77. The summed E-state index contributed by atoms with van der Waals surface area (Å²) in [5, 5.41) is 10.1. The number of carbonyl (C=O) groups excluding carboxylic acids is 1. The van der Waals surface area contributed by atoms with Crippen molar-refractivity contribution in [2.75, 3.05) is 27.3 Å². The number of benzene rings is 1. The van der Waals surface area contributed by atoms with Gasteiger partial charge in [0.25, 0.3) is 0 Å². The highest BCUT2D eigenvalue weighted by molar-refractivity contribution is 5.90. The van der Waals surface area contributed by atoms with E-state index in [0.717, 1.165) is 0 Å². The number of aryl methyl sites for hydroxylation is 1. The zero-order valence-electron chi connectivity index (χ0n) is 15.2. The largest absolute Gasteiger partial charge is 0.465 e. The van der Waals surface area contributed by atoms with Crippen molar-refractivity contribution in [3.05, 3.63) is 58.8 Å². The summed E-state index contributed by atoms with van der Waals surface area (Å²) in [5.74, 6) is 0.328. The highest BCUT2D eigenvalue weighted by Gasteiger charge is 2.17. The quantitative estimate of drug-likeness (QED) is 0.689. The number of likely N-dealkylation sites (N-methyl/N-ethyl adjacent to an activating group) is 1. The molecule has 1 heterocycles. The van der Waals surface area contributed by atoms with Gasteiger partial charge in [-0.25, -0.2) is 9.18 Å². The summed E-state index contributed by atoms with van der Waals surface area (Å²) in [4.78, 5) is 13.4. The van der Waals surface area contributed by atoms with Gasteiger partial charge in [-0.2, -0.15) is 0 Å². The number of methoxy groups -OCH3 is 1. The van der Waals surface area contributed by atoms with Crippen LogP contribution < -0.4 is 0 Å². The van der Waals surface area contributed by atoms with Crippen molar-refractivity contribution in [3.8, 4) is 0 Å². The number of carbonyl (C=O) groups is 1. The summed E-state index contributed by atoms with van der Waals surface area (Å²) in [6.07, 6.45) is -0.733. The van der Waals surface area contributed by atoms with Crippen LogP contribution in [0.25, 0.3) is 0 Å². The number of hydrogen-bond donors (Lipinski definition) is 1. The van der Waals surface area contributed by atoms with Crippen molar-refractivity contribution >= 4 is 5.97 Å². The minimum atomic E-state index is -0.733. The molecule has 1 aromatic carbocycles. The van der Waals surface area contributed by atoms with Crippen molar-refractivity contribution in [1.29, 1.82) is 0 Å². The van der Waals surface area contributed by atoms with Gasteiger partial charge >= 0.3 is 5.97 Å². The number of hydrogen-bond acceptors (Lipinski definition) is 6. The molecule has 1 unspecified atom stereocenters. The molecule has 6 nitrogen and oxygen atoms in total. The van der Waals surface area contributed by atoms with Crippen molar-refractivity contribution in [3.63, 3.8) is 0 Å². The Labute approximate surface area is 152 Å². The standard InChI is InChI=1S/C19H24FNO5/c1-13-17(19(23)24-3)8-16(26-13)10-21(2)9-15(22)12-25-11-14-6-4-5-7-18(14)20/h4-8,15,22H,9-12H2,1-3H3. The molecule has 2 rings (SSSR count). The van der Waals surface area contributed by atoms with Gasteiger partial charge in [0.15, 0.2) is 0 Å². The molecule has 0 aliphatic heterocycles. The van der Waals surface area contributed by atoms with Gasteiger partial charge in [-0.05, 0) is 26.1 Å². The number of furan rings is 1. The highest BCUT2D eigenvalue weighted by atomic mass is 19.1. The topological polar surface area (TPSA) is 72.1 Å². The maximum Gasteiger partial charge on any atom is 0.341 e. The van der Waals surface area contributed by atoms with Crippen molar-refractivity contribution < 1.29 is 28.2 Å². The van der Waals surface area contributed by atoms with E-state index >= 15 is 0 Å². The first kappa shape index (κ1) is 20.1. The summed E-state index contributed by atoms with van der Waals surface area (Å²) in [7, 11) is 3.13. The van der Waals surface area contributed by atoms with Crippen LogP contribution in [-0.4, -0.2) is 49.4 Å². The lowest BCUT2D eigenvalue weighted by Gasteiger charge is -2.19. The first-order chi connectivity index (χ1) is 12.4. The molecular formula is C19H24FNO5. The number of nitrogens with zero attached hydrogens (tertiary/aromatic N) is 1. The highest BCUT2D eigenvalue weighted by Crippen LogP contribution is 2.17. The molecule has 0 saturated carbocycles. The van der Waals surface area contributed by atoms with Crippen LogP contribution in [0.15, 0.2) is 34.7 Å². The molecule has 2 aromatic rings. The lowest BCUT2D eigenvalue weighted by molar-refractivity contribution is 0.0111. The fraction of sp³-hybridized carbons (Fsp3) is 0.421. The Hall–Kier alpha value is -2.22. The molecule has 0 radical (unpaired) electrons. The normalized spacial score (nSPS) is 12.4. The number of rotatable bonds is 9. The molecule has 1 atom stereocenters. The van der Waals surface area contributed by atoms with E-state index in [9.17, 15) is 14.3 Å². The Bertz CT molecular complexity index is 730. The Kier molecular flexibility index (Phi) is 7.32. The van der Waals surface area contributed by atoms with E-state index in [0.29, 0.717) is 35.7 Å². The van der Waals surface area contributed by atoms with Crippen LogP contribution in [0.3, 0.4) is 0 Å². The number of ether oxygens (including phenoxy) is 2. The molecule has 0 spiro atoms. The second kappa shape index (κ2) is 9.47. The SMILES string of the molecule is COC(=O)c1cc(CN(C)CC(O)COCc2ccccc2F)oc1C. The third kappa shape index (κ3) is 5.66. The predicted molar refractivity (Wildman–Crippen MR) is 93.2 cm³/mol. The van der Waals surface area contributed by atoms with Crippen LogP contribution in [0.1, 0.15) is 27.4 Å². The smallest absolute Gasteiger partial charge is 0.341 e. The van der Waals surface area contributed by atoms with Crippen molar-refractivity contribution in [2.45, 2.75) is 26.2 Å². The predicted octanol–water partition coefficient (Wildman–Crippen LogP) is 2.52. The van der Waals surface area contributed by atoms with E-state index in [1.165, 1.54) is 13.2 Å².